The van der Waals surface area contributed by atoms with Gasteiger partial charge in [0.25, 0.3) is 0 Å². The highest BCUT2D eigenvalue weighted by molar-refractivity contribution is 6.30. The Morgan fingerprint density at radius 3 is 2.15 bits per heavy atom. The summed E-state index contributed by atoms with van der Waals surface area (Å²) in [4.78, 5) is 14.5. The second kappa shape index (κ2) is 10.2. The van der Waals surface area contributed by atoms with E-state index in [0.29, 0.717) is 11.6 Å². The molecule has 5 heteroatoms. The van der Waals surface area contributed by atoms with Crippen LogP contribution in [-0.4, -0.2) is 24.0 Å². The largest absolute Gasteiger partial charge is 0.334 e. The number of amides is 2. The third-order valence-electron chi connectivity index (χ3n) is 4.49. The third kappa shape index (κ3) is 6.36. The number of benzene rings is 2. The van der Waals surface area contributed by atoms with Crippen LogP contribution in [0.5, 0.6) is 0 Å². The molecule has 0 aliphatic heterocycles. The standard InChI is InChI=1S/C21H28ClN3O/c1-4-25(5-2)15-18-8-6-17(7-9-18)14-23-21(26)24-16(3)19-10-12-20(22)13-11-19/h6-13,16H,4-5,14-15H2,1-3H3,(H2,23,24,26). The Morgan fingerprint density at radius 1 is 1.00 bits per heavy atom. The van der Waals surface area contributed by atoms with Gasteiger partial charge in [0.2, 0.25) is 0 Å². The quantitative estimate of drug-likeness (QED) is 0.701. The minimum Gasteiger partial charge on any atom is -0.334 e. The van der Waals surface area contributed by atoms with Crippen molar-refractivity contribution in [2.24, 2.45) is 0 Å². The van der Waals surface area contributed by atoms with Crippen LogP contribution in [0.25, 0.3) is 0 Å². The predicted octanol–water partition coefficient (Wildman–Crippen LogP) is 4.74. The first-order chi connectivity index (χ1) is 12.5. The Hall–Kier alpha value is -2.04. The number of carbonyl (C=O) groups excluding carboxylic acids is 1. The van der Waals surface area contributed by atoms with E-state index in [9.17, 15) is 4.79 Å². The monoisotopic (exact) mass is 373 g/mol. The van der Waals surface area contributed by atoms with Gasteiger partial charge in [-0.2, -0.15) is 0 Å². The molecule has 4 nitrogen and oxygen atoms in total. The van der Waals surface area contributed by atoms with Gasteiger partial charge in [-0.15, -0.1) is 0 Å². The van der Waals surface area contributed by atoms with Crippen molar-refractivity contribution in [1.82, 2.24) is 15.5 Å². The van der Waals surface area contributed by atoms with Crippen LogP contribution in [-0.2, 0) is 13.1 Å². The van der Waals surface area contributed by atoms with Gasteiger partial charge in [0.15, 0.2) is 0 Å². The average Bonchev–Trinajstić information content (AvgIpc) is 2.65. The predicted molar refractivity (Wildman–Crippen MR) is 108 cm³/mol. The molecule has 0 saturated carbocycles. The molecule has 0 aliphatic rings. The van der Waals surface area contributed by atoms with Gasteiger partial charge in [-0.25, -0.2) is 4.79 Å². The third-order valence-corrected chi connectivity index (χ3v) is 4.75. The fourth-order valence-electron chi connectivity index (χ4n) is 2.73. The first kappa shape index (κ1) is 20.3. The minimum atomic E-state index is -0.181. The fraction of sp³-hybridized carbons (Fsp3) is 0.381. The summed E-state index contributed by atoms with van der Waals surface area (Å²) >= 11 is 5.89. The Morgan fingerprint density at radius 2 is 1.58 bits per heavy atom. The van der Waals surface area contributed by atoms with Crippen molar-refractivity contribution < 1.29 is 4.79 Å². The maximum atomic E-state index is 12.1. The molecule has 2 N–H and O–H groups in total. The smallest absolute Gasteiger partial charge is 0.315 e. The number of urea groups is 1. The minimum absolute atomic E-state index is 0.0799. The molecular weight excluding hydrogens is 346 g/mol. The zero-order valence-electron chi connectivity index (χ0n) is 15.8. The number of nitrogens with zero attached hydrogens (tertiary/aromatic N) is 1. The van der Waals surface area contributed by atoms with E-state index >= 15 is 0 Å². The summed E-state index contributed by atoms with van der Waals surface area (Å²) < 4.78 is 0. The molecule has 2 aromatic rings. The maximum Gasteiger partial charge on any atom is 0.315 e. The molecule has 2 amide bonds. The van der Waals surface area contributed by atoms with Gasteiger partial charge in [0.1, 0.15) is 0 Å². The molecule has 0 aliphatic carbocycles. The van der Waals surface area contributed by atoms with Crippen LogP contribution in [0, 0.1) is 0 Å². The van der Waals surface area contributed by atoms with Crippen molar-refractivity contribution >= 4 is 17.6 Å². The molecule has 2 aromatic carbocycles. The highest BCUT2D eigenvalue weighted by atomic mass is 35.5. The van der Waals surface area contributed by atoms with Gasteiger partial charge >= 0.3 is 6.03 Å². The van der Waals surface area contributed by atoms with Gasteiger partial charge in [-0.3, -0.25) is 4.90 Å². The highest BCUT2D eigenvalue weighted by Gasteiger charge is 2.09. The lowest BCUT2D eigenvalue weighted by Gasteiger charge is -2.18. The normalized spacial score (nSPS) is 12.0. The van der Waals surface area contributed by atoms with Gasteiger partial charge < -0.3 is 10.6 Å². The molecule has 0 fully saturated rings. The average molecular weight is 374 g/mol. The van der Waals surface area contributed by atoms with E-state index in [4.69, 9.17) is 11.6 Å². The summed E-state index contributed by atoms with van der Waals surface area (Å²) in [6.07, 6.45) is 0. The molecule has 140 valence electrons. The molecule has 0 radical (unpaired) electrons. The van der Waals surface area contributed by atoms with Gasteiger partial charge in [0, 0.05) is 18.1 Å². The molecule has 0 bridgehead atoms. The first-order valence-corrected chi connectivity index (χ1v) is 9.49. The zero-order valence-corrected chi connectivity index (χ0v) is 16.5. The number of rotatable bonds is 8. The molecule has 0 spiro atoms. The number of halogens is 1. The van der Waals surface area contributed by atoms with Crippen molar-refractivity contribution in [3.8, 4) is 0 Å². The Balaban J connectivity index is 1.80. The van der Waals surface area contributed by atoms with E-state index < -0.39 is 0 Å². The summed E-state index contributed by atoms with van der Waals surface area (Å²) in [7, 11) is 0. The molecular formula is C21H28ClN3O. The van der Waals surface area contributed by atoms with Crippen molar-refractivity contribution in [2.75, 3.05) is 13.1 Å². The summed E-state index contributed by atoms with van der Waals surface area (Å²) in [5.41, 5.74) is 3.39. The SMILES string of the molecule is CCN(CC)Cc1ccc(CNC(=O)NC(C)c2ccc(Cl)cc2)cc1. The van der Waals surface area contributed by atoms with E-state index in [0.717, 1.165) is 30.8 Å². The molecule has 0 aromatic heterocycles. The summed E-state index contributed by atoms with van der Waals surface area (Å²) in [6, 6.07) is 15.6. The highest BCUT2D eigenvalue weighted by Crippen LogP contribution is 2.15. The molecule has 26 heavy (non-hydrogen) atoms. The van der Waals surface area contributed by atoms with E-state index in [-0.39, 0.29) is 12.1 Å². The van der Waals surface area contributed by atoms with Crippen molar-refractivity contribution in [2.45, 2.75) is 39.9 Å². The van der Waals surface area contributed by atoms with Gasteiger partial charge in [0.05, 0.1) is 6.04 Å². The van der Waals surface area contributed by atoms with Crippen LogP contribution >= 0.6 is 11.6 Å². The van der Waals surface area contributed by atoms with E-state index in [1.165, 1.54) is 5.56 Å². The van der Waals surface area contributed by atoms with Crippen molar-refractivity contribution in [1.29, 1.82) is 0 Å². The van der Waals surface area contributed by atoms with Crippen LogP contribution in [0.4, 0.5) is 4.79 Å². The Labute approximate surface area is 161 Å². The van der Waals surface area contributed by atoms with Gasteiger partial charge in [-0.1, -0.05) is 61.8 Å². The van der Waals surface area contributed by atoms with E-state index in [1.54, 1.807) is 0 Å². The topological polar surface area (TPSA) is 44.4 Å². The molecule has 2 rings (SSSR count). The first-order valence-electron chi connectivity index (χ1n) is 9.11. The lowest BCUT2D eigenvalue weighted by molar-refractivity contribution is 0.237. The van der Waals surface area contributed by atoms with Gasteiger partial charge in [-0.05, 0) is 48.8 Å². The number of hydrogen-bond acceptors (Lipinski definition) is 2. The van der Waals surface area contributed by atoms with E-state index in [1.807, 2.05) is 31.2 Å². The lowest BCUT2D eigenvalue weighted by atomic mass is 10.1. The van der Waals surface area contributed by atoms with Crippen LogP contribution in [0.3, 0.4) is 0 Å². The summed E-state index contributed by atoms with van der Waals surface area (Å²) in [6.45, 7) is 9.85. The van der Waals surface area contributed by atoms with Crippen LogP contribution in [0.15, 0.2) is 48.5 Å². The maximum absolute atomic E-state index is 12.1. The second-order valence-electron chi connectivity index (χ2n) is 6.38. The Bertz CT molecular complexity index is 681. The van der Waals surface area contributed by atoms with E-state index in [2.05, 4.69) is 53.6 Å². The summed E-state index contributed by atoms with van der Waals surface area (Å²) in [5.74, 6) is 0. The molecule has 0 heterocycles. The second-order valence-corrected chi connectivity index (χ2v) is 6.81. The Kier molecular flexibility index (Phi) is 7.95. The number of hydrogen-bond donors (Lipinski definition) is 2. The van der Waals surface area contributed by atoms with Crippen LogP contribution in [0.2, 0.25) is 5.02 Å². The van der Waals surface area contributed by atoms with Crippen LogP contribution < -0.4 is 10.6 Å². The molecule has 1 unspecified atom stereocenters. The summed E-state index contributed by atoms with van der Waals surface area (Å²) in [5, 5.41) is 6.54. The molecule has 1 atom stereocenters. The lowest BCUT2D eigenvalue weighted by Crippen LogP contribution is -2.36. The number of nitrogens with one attached hydrogen (secondary N) is 2. The van der Waals surface area contributed by atoms with Crippen LogP contribution in [0.1, 0.15) is 43.5 Å². The van der Waals surface area contributed by atoms with Crippen molar-refractivity contribution in [3.05, 3.63) is 70.2 Å². The number of carbonyl (C=O) groups is 1. The molecule has 0 saturated heterocycles. The van der Waals surface area contributed by atoms with Crippen molar-refractivity contribution in [3.63, 3.8) is 0 Å². The zero-order chi connectivity index (χ0) is 18.9. The fourth-order valence-corrected chi connectivity index (χ4v) is 2.86.